The first-order valence-corrected chi connectivity index (χ1v) is 11.9. The second-order valence-electron chi connectivity index (χ2n) is 7.73. The molecule has 1 fully saturated rings. The lowest BCUT2D eigenvalue weighted by Crippen LogP contribution is -2.50. The smallest absolute Gasteiger partial charge is 0.342 e. The zero-order valence-corrected chi connectivity index (χ0v) is 19.6. The molecule has 0 aliphatic carbocycles. The summed E-state index contributed by atoms with van der Waals surface area (Å²) >= 11 is 0. The summed E-state index contributed by atoms with van der Waals surface area (Å²) < 4.78 is 52.8. The number of hydrogen-bond donors (Lipinski definition) is 0. The molecule has 1 aliphatic heterocycles. The molecule has 0 N–H and O–H groups in total. The molecule has 3 aromatic rings. The van der Waals surface area contributed by atoms with Gasteiger partial charge in [-0.15, -0.1) is 0 Å². The Bertz CT molecular complexity index is 1360. The topological polar surface area (TPSA) is 115 Å². The molecule has 180 valence electrons. The fraction of sp³-hybridized carbons (Fsp3) is 0.318. The number of aromatic nitrogens is 2. The van der Waals surface area contributed by atoms with Crippen LogP contribution in [-0.4, -0.2) is 72.6 Å². The highest BCUT2D eigenvalue weighted by Gasteiger charge is 2.38. The molecule has 0 radical (unpaired) electrons. The number of benzene rings is 1. The molecular formula is C22H23FN4O6S. The SMILES string of the molecule is COC(=O)c1c(C)oc(C)c1S(=O)(=O)N1CCN(C(=O)c2ccn(-c3cccc(F)c3)n2)CC1. The van der Waals surface area contributed by atoms with Crippen LogP contribution in [0.25, 0.3) is 5.69 Å². The standard InChI is InChI=1S/C22H23FN4O6S/c1-14-19(22(29)32-3)20(15(2)33-14)34(30,31)26-11-9-25(10-12-26)21(28)18-7-8-27(24-18)17-6-4-5-16(23)13-17/h4-8,13H,9-12H2,1-3H3. The molecule has 1 aliphatic rings. The third kappa shape index (κ3) is 4.21. The number of sulfonamides is 1. The van der Waals surface area contributed by atoms with E-state index in [9.17, 15) is 22.4 Å². The van der Waals surface area contributed by atoms with E-state index in [0.29, 0.717) is 5.69 Å². The van der Waals surface area contributed by atoms with Crippen LogP contribution in [0, 0.1) is 19.7 Å². The van der Waals surface area contributed by atoms with E-state index in [0.717, 1.165) is 0 Å². The van der Waals surface area contributed by atoms with Gasteiger partial charge in [-0.1, -0.05) is 6.07 Å². The fourth-order valence-electron chi connectivity index (χ4n) is 3.94. The lowest BCUT2D eigenvalue weighted by Gasteiger charge is -2.33. The summed E-state index contributed by atoms with van der Waals surface area (Å²) in [5.41, 5.74) is 0.512. The minimum atomic E-state index is -4.06. The Kier molecular flexibility index (Phi) is 6.28. The van der Waals surface area contributed by atoms with Gasteiger partial charge in [0.05, 0.1) is 12.8 Å². The van der Waals surface area contributed by atoms with Crippen molar-refractivity contribution in [3.05, 3.63) is 65.1 Å². The number of rotatable bonds is 5. The highest BCUT2D eigenvalue weighted by atomic mass is 32.2. The molecule has 2 aromatic heterocycles. The van der Waals surface area contributed by atoms with Crippen LogP contribution in [-0.2, 0) is 14.8 Å². The molecule has 1 aromatic carbocycles. The molecule has 10 nitrogen and oxygen atoms in total. The number of piperazine rings is 1. The number of ether oxygens (including phenoxy) is 1. The van der Waals surface area contributed by atoms with Gasteiger partial charge in [0.1, 0.15) is 27.8 Å². The lowest BCUT2D eigenvalue weighted by atomic mass is 10.2. The molecule has 34 heavy (non-hydrogen) atoms. The predicted octanol–water partition coefficient (Wildman–Crippen LogP) is 2.15. The Morgan fingerprint density at radius 2 is 1.79 bits per heavy atom. The van der Waals surface area contributed by atoms with Crippen LogP contribution in [0.3, 0.4) is 0 Å². The van der Waals surface area contributed by atoms with Gasteiger partial charge < -0.3 is 14.1 Å². The number of nitrogens with zero attached hydrogens (tertiary/aromatic N) is 4. The normalized spacial score (nSPS) is 14.9. The summed E-state index contributed by atoms with van der Waals surface area (Å²) in [7, 11) is -2.89. The summed E-state index contributed by atoms with van der Waals surface area (Å²) in [4.78, 5) is 26.4. The Labute approximate surface area is 195 Å². The van der Waals surface area contributed by atoms with E-state index in [-0.39, 0.29) is 59.8 Å². The van der Waals surface area contributed by atoms with Crippen LogP contribution in [0.5, 0.6) is 0 Å². The van der Waals surface area contributed by atoms with E-state index in [1.165, 1.54) is 53.0 Å². The van der Waals surface area contributed by atoms with Crippen molar-refractivity contribution >= 4 is 21.9 Å². The maximum Gasteiger partial charge on any atom is 0.342 e. The van der Waals surface area contributed by atoms with Crippen LogP contribution < -0.4 is 0 Å². The van der Waals surface area contributed by atoms with E-state index in [2.05, 4.69) is 5.10 Å². The van der Waals surface area contributed by atoms with Crippen LogP contribution in [0.2, 0.25) is 0 Å². The van der Waals surface area contributed by atoms with Crippen LogP contribution >= 0.6 is 0 Å². The summed E-state index contributed by atoms with van der Waals surface area (Å²) in [6.07, 6.45) is 1.56. The number of aryl methyl sites for hydroxylation is 2. The fourth-order valence-corrected chi connectivity index (χ4v) is 5.73. The third-order valence-electron chi connectivity index (χ3n) is 5.60. The van der Waals surface area contributed by atoms with Crippen LogP contribution in [0.4, 0.5) is 4.39 Å². The number of amides is 1. The monoisotopic (exact) mass is 490 g/mol. The van der Waals surface area contributed by atoms with Gasteiger partial charge in [0.15, 0.2) is 5.69 Å². The highest BCUT2D eigenvalue weighted by Crippen LogP contribution is 2.30. The molecule has 0 spiro atoms. The van der Waals surface area contributed by atoms with Crippen molar-refractivity contribution in [1.29, 1.82) is 0 Å². The number of carbonyl (C=O) groups is 2. The van der Waals surface area contributed by atoms with Gasteiger partial charge in [-0.2, -0.15) is 9.40 Å². The summed E-state index contributed by atoms with van der Waals surface area (Å²) in [5.74, 6) is -1.32. The molecule has 0 unspecified atom stereocenters. The first-order valence-electron chi connectivity index (χ1n) is 10.4. The van der Waals surface area contributed by atoms with Crippen molar-refractivity contribution in [2.24, 2.45) is 0 Å². The molecule has 12 heteroatoms. The molecule has 4 rings (SSSR count). The van der Waals surface area contributed by atoms with Gasteiger partial charge in [-0.25, -0.2) is 22.3 Å². The quantitative estimate of drug-likeness (QED) is 0.504. The van der Waals surface area contributed by atoms with E-state index in [1.54, 1.807) is 18.3 Å². The van der Waals surface area contributed by atoms with Gasteiger partial charge in [0.25, 0.3) is 5.91 Å². The molecule has 0 atom stereocenters. The van der Waals surface area contributed by atoms with Crippen molar-refractivity contribution in [3.63, 3.8) is 0 Å². The third-order valence-corrected chi connectivity index (χ3v) is 7.65. The average molecular weight is 491 g/mol. The van der Waals surface area contributed by atoms with E-state index < -0.39 is 21.8 Å². The molecular weight excluding hydrogens is 467 g/mol. The second-order valence-corrected chi connectivity index (χ2v) is 9.61. The summed E-state index contributed by atoms with van der Waals surface area (Å²) in [6, 6.07) is 7.34. The van der Waals surface area contributed by atoms with Crippen molar-refractivity contribution in [2.45, 2.75) is 18.7 Å². The predicted molar refractivity (Wildman–Crippen MR) is 118 cm³/mol. The molecule has 1 amide bonds. The average Bonchev–Trinajstić information content (AvgIpc) is 3.42. The van der Waals surface area contributed by atoms with Gasteiger partial charge in [-0.3, -0.25) is 4.79 Å². The number of furan rings is 1. The minimum Gasteiger partial charge on any atom is -0.465 e. The van der Waals surface area contributed by atoms with Crippen molar-refractivity contribution in [2.75, 3.05) is 33.3 Å². The van der Waals surface area contributed by atoms with Crippen LogP contribution in [0.1, 0.15) is 32.4 Å². The number of esters is 1. The maximum atomic E-state index is 13.5. The first kappa shape index (κ1) is 23.6. The second kappa shape index (κ2) is 9.03. The minimum absolute atomic E-state index is 0.0307. The van der Waals surface area contributed by atoms with E-state index >= 15 is 0 Å². The molecule has 0 saturated carbocycles. The van der Waals surface area contributed by atoms with Gasteiger partial charge in [0.2, 0.25) is 10.0 Å². The number of methoxy groups -OCH3 is 1. The Morgan fingerprint density at radius 1 is 1.09 bits per heavy atom. The van der Waals surface area contributed by atoms with Crippen molar-refractivity contribution in [3.8, 4) is 5.69 Å². The highest BCUT2D eigenvalue weighted by molar-refractivity contribution is 7.89. The molecule has 1 saturated heterocycles. The van der Waals surface area contributed by atoms with Gasteiger partial charge in [0, 0.05) is 32.4 Å². The van der Waals surface area contributed by atoms with E-state index in [4.69, 9.17) is 9.15 Å². The van der Waals surface area contributed by atoms with Crippen molar-refractivity contribution in [1.82, 2.24) is 19.0 Å². The zero-order valence-electron chi connectivity index (χ0n) is 18.8. The molecule has 0 bridgehead atoms. The van der Waals surface area contributed by atoms with E-state index in [1.807, 2.05) is 0 Å². The van der Waals surface area contributed by atoms with Gasteiger partial charge >= 0.3 is 5.97 Å². The van der Waals surface area contributed by atoms with Crippen molar-refractivity contribution < 1.29 is 31.6 Å². The zero-order chi connectivity index (χ0) is 24.6. The number of carbonyl (C=O) groups excluding carboxylic acids is 2. The van der Waals surface area contributed by atoms with Gasteiger partial charge in [-0.05, 0) is 38.1 Å². The lowest BCUT2D eigenvalue weighted by molar-refractivity contribution is 0.0594. The Hall–Kier alpha value is -3.51. The Morgan fingerprint density at radius 3 is 2.44 bits per heavy atom. The maximum absolute atomic E-state index is 13.5. The first-order chi connectivity index (χ1) is 16.1. The number of halogens is 1. The van der Waals surface area contributed by atoms with Crippen LogP contribution in [0.15, 0.2) is 45.8 Å². The Balaban J connectivity index is 1.49. The summed E-state index contributed by atoms with van der Waals surface area (Å²) in [5, 5.41) is 4.23. The largest absolute Gasteiger partial charge is 0.465 e. The molecule has 3 heterocycles. The summed E-state index contributed by atoms with van der Waals surface area (Å²) in [6.45, 7) is 3.30. The number of hydrogen-bond acceptors (Lipinski definition) is 7.